The Morgan fingerprint density at radius 2 is 2.10 bits per heavy atom. The van der Waals surface area contributed by atoms with Crippen molar-refractivity contribution in [1.82, 2.24) is 0 Å². The van der Waals surface area contributed by atoms with Crippen LogP contribution in [0.4, 0.5) is 15.8 Å². The maximum Gasteiger partial charge on any atom is 0.258 e. The van der Waals surface area contributed by atoms with Crippen LogP contribution in [0.15, 0.2) is 40.9 Å². The first-order valence-corrected chi connectivity index (χ1v) is 6.37. The van der Waals surface area contributed by atoms with Crippen LogP contribution < -0.4 is 11.1 Å². The minimum atomic E-state index is -0.654. The maximum atomic E-state index is 13.8. The van der Waals surface area contributed by atoms with Crippen LogP contribution in [0.1, 0.15) is 15.9 Å². The van der Waals surface area contributed by atoms with Gasteiger partial charge in [-0.2, -0.15) is 5.26 Å². The first-order valence-electron chi connectivity index (χ1n) is 5.58. The summed E-state index contributed by atoms with van der Waals surface area (Å²) in [6.45, 7) is 0. The number of nitriles is 1. The third kappa shape index (κ3) is 2.78. The summed E-state index contributed by atoms with van der Waals surface area (Å²) in [5, 5.41) is 11.5. The number of anilines is 2. The predicted molar refractivity (Wildman–Crippen MR) is 77.6 cm³/mol. The molecule has 0 radical (unpaired) electrons. The molecule has 0 aliphatic carbocycles. The molecule has 0 atom stereocenters. The van der Waals surface area contributed by atoms with E-state index in [1.54, 1.807) is 12.1 Å². The molecule has 1 amide bonds. The van der Waals surface area contributed by atoms with Crippen LogP contribution in [-0.2, 0) is 0 Å². The molecule has 6 heteroatoms. The molecule has 0 saturated carbocycles. The van der Waals surface area contributed by atoms with E-state index in [4.69, 9.17) is 11.0 Å². The van der Waals surface area contributed by atoms with Gasteiger partial charge in [-0.05, 0) is 46.3 Å². The molecule has 0 aliphatic rings. The molecule has 0 aromatic heterocycles. The Morgan fingerprint density at radius 1 is 1.35 bits per heavy atom. The Hall–Kier alpha value is -2.39. The highest BCUT2D eigenvalue weighted by molar-refractivity contribution is 9.10. The molecular formula is C14H9BrFN3O. The Morgan fingerprint density at radius 3 is 2.80 bits per heavy atom. The van der Waals surface area contributed by atoms with Gasteiger partial charge in [0.15, 0.2) is 0 Å². The average molecular weight is 334 g/mol. The van der Waals surface area contributed by atoms with E-state index in [0.717, 1.165) is 0 Å². The van der Waals surface area contributed by atoms with E-state index in [1.165, 1.54) is 24.3 Å². The number of rotatable bonds is 2. The fourth-order valence-corrected chi connectivity index (χ4v) is 2.00. The van der Waals surface area contributed by atoms with Crippen LogP contribution in [0.25, 0.3) is 0 Å². The van der Waals surface area contributed by atoms with Crippen LogP contribution >= 0.6 is 15.9 Å². The van der Waals surface area contributed by atoms with Gasteiger partial charge in [-0.15, -0.1) is 0 Å². The first-order chi connectivity index (χ1) is 9.52. The molecule has 0 unspecified atom stereocenters. The molecule has 4 nitrogen and oxygen atoms in total. The van der Waals surface area contributed by atoms with Crippen molar-refractivity contribution in [2.75, 3.05) is 11.1 Å². The Balaban J connectivity index is 2.33. The fourth-order valence-electron chi connectivity index (χ4n) is 1.63. The molecule has 0 spiro atoms. The second-order valence-corrected chi connectivity index (χ2v) is 4.83. The van der Waals surface area contributed by atoms with Gasteiger partial charge >= 0.3 is 0 Å². The number of nitrogens with two attached hydrogens (primary N) is 1. The van der Waals surface area contributed by atoms with Gasteiger partial charge in [0.25, 0.3) is 5.91 Å². The number of nitrogen functional groups attached to an aromatic ring is 1. The Kier molecular flexibility index (Phi) is 4.01. The second kappa shape index (κ2) is 5.72. The Labute approximate surface area is 123 Å². The zero-order valence-corrected chi connectivity index (χ0v) is 11.7. The van der Waals surface area contributed by atoms with Gasteiger partial charge in [0, 0.05) is 5.69 Å². The lowest BCUT2D eigenvalue weighted by atomic mass is 10.1. The van der Waals surface area contributed by atoms with Crippen LogP contribution in [0.2, 0.25) is 0 Å². The third-order valence-electron chi connectivity index (χ3n) is 2.61. The normalized spacial score (nSPS) is 9.85. The van der Waals surface area contributed by atoms with Gasteiger partial charge in [-0.1, -0.05) is 6.07 Å². The molecule has 3 N–H and O–H groups in total. The summed E-state index contributed by atoms with van der Waals surface area (Å²) in [6, 6.07) is 10.8. The monoisotopic (exact) mass is 333 g/mol. The minimum absolute atomic E-state index is 0.111. The number of hydrogen-bond acceptors (Lipinski definition) is 3. The van der Waals surface area contributed by atoms with Crippen molar-refractivity contribution in [1.29, 1.82) is 5.26 Å². The van der Waals surface area contributed by atoms with Gasteiger partial charge in [-0.3, -0.25) is 4.79 Å². The van der Waals surface area contributed by atoms with E-state index >= 15 is 0 Å². The number of hydrogen-bond donors (Lipinski definition) is 2. The van der Waals surface area contributed by atoms with Gasteiger partial charge < -0.3 is 11.1 Å². The molecule has 20 heavy (non-hydrogen) atoms. The number of benzene rings is 2. The van der Waals surface area contributed by atoms with E-state index in [0.29, 0.717) is 5.69 Å². The molecule has 0 aliphatic heterocycles. The Bertz CT molecular complexity index is 725. The summed E-state index contributed by atoms with van der Waals surface area (Å²) < 4.78 is 14.0. The molecule has 2 aromatic carbocycles. The van der Waals surface area contributed by atoms with Gasteiger partial charge in [0.2, 0.25) is 0 Å². The summed E-state index contributed by atoms with van der Waals surface area (Å²) in [4.78, 5) is 12.0. The summed E-state index contributed by atoms with van der Waals surface area (Å²) in [6.07, 6.45) is 0. The molecule has 0 fully saturated rings. The zero-order chi connectivity index (χ0) is 14.7. The van der Waals surface area contributed by atoms with E-state index < -0.39 is 11.7 Å². The SMILES string of the molecule is N#Cc1cc(N)ccc1NC(=O)c1cccc(Br)c1F. The smallest absolute Gasteiger partial charge is 0.258 e. The summed E-state index contributed by atoms with van der Waals surface area (Å²) in [7, 11) is 0. The van der Waals surface area contributed by atoms with E-state index in [1.807, 2.05) is 6.07 Å². The zero-order valence-electron chi connectivity index (χ0n) is 10.2. The van der Waals surface area contributed by atoms with Crippen LogP contribution in [0.5, 0.6) is 0 Å². The minimum Gasteiger partial charge on any atom is -0.399 e. The van der Waals surface area contributed by atoms with Gasteiger partial charge in [0.05, 0.1) is 21.3 Å². The number of nitrogens with one attached hydrogen (secondary N) is 1. The molecule has 100 valence electrons. The first kappa shape index (κ1) is 14.0. The molecule has 0 bridgehead atoms. The molecular weight excluding hydrogens is 325 g/mol. The summed E-state index contributed by atoms with van der Waals surface area (Å²) in [5.74, 6) is -1.29. The molecule has 0 heterocycles. The largest absolute Gasteiger partial charge is 0.399 e. The standard InChI is InChI=1S/C14H9BrFN3O/c15-11-3-1-2-10(13(11)16)14(20)19-12-5-4-9(18)6-8(12)7-17/h1-6H,18H2,(H,19,20). The van der Waals surface area contributed by atoms with Crippen LogP contribution in [0.3, 0.4) is 0 Å². The fraction of sp³-hybridized carbons (Fsp3) is 0. The van der Waals surface area contributed by atoms with E-state index in [9.17, 15) is 9.18 Å². The summed E-state index contributed by atoms with van der Waals surface area (Å²) in [5.41, 5.74) is 6.36. The lowest BCUT2D eigenvalue weighted by Crippen LogP contribution is -2.15. The lowest BCUT2D eigenvalue weighted by Gasteiger charge is -2.09. The van der Waals surface area contributed by atoms with Crippen molar-refractivity contribution in [3.05, 3.63) is 57.8 Å². The summed E-state index contributed by atoms with van der Waals surface area (Å²) >= 11 is 3.01. The number of halogens is 2. The number of carbonyl (C=O) groups is 1. The lowest BCUT2D eigenvalue weighted by molar-refractivity contribution is 0.102. The number of nitrogens with zero attached hydrogens (tertiary/aromatic N) is 1. The quantitative estimate of drug-likeness (QED) is 0.827. The number of amides is 1. The third-order valence-corrected chi connectivity index (χ3v) is 3.22. The highest BCUT2D eigenvalue weighted by atomic mass is 79.9. The van der Waals surface area contributed by atoms with Crippen molar-refractivity contribution in [3.8, 4) is 6.07 Å². The van der Waals surface area contributed by atoms with Crippen molar-refractivity contribution in [2.45, 2.75) is 0 Å². The van der Waals surface area contributed by atoms with Crippen molar-refractivity contribution >= 4 is 33.2 Å². The second-order valence-electron chi connectivity index (χ2n) is 3.97. The van der Waals surface area contributed by atoms with Gasteiger partial charge in [-0.25, -0.2) is 4.39 Å². The van der Waals surface area contributed by atoms with E-state index in [2.05, 4.69) is 21.2 Å². The van der Waals surface area contributed by atoms with E-state index in [-0.39, 0.29) is 21.3 Å². The molecule has 2 rings (SSSR count). The van der Waals surface area contributed by atoms with Gasteiger partial charge in [0.1, 0.15) is 11.9 Å². The van der Waals surface area contributed by atoms with Crippen molar-refractivity contribution in [2.24, 2.45) is 0 Å². The maximum absolute atomic E-state index is 13.8. The van der Waals surface area contributed by atoms with Crippen LogP contribution in [-0.4, -0.2) is 5.91 Å². The molecule has 2 aromatic rings. The van der Waals surface area contributed by atoms with Crippen molar-refractivity contribution in [3.63, 3.8) is 0 Å². The highest BCUT2D eigenvalue weighted by Crippen LogP contribution is 2.22. The number of carbonyl (C=O) groups excluding carboxylic acids is 1. The van der Waals surface area contributed by atoms with Crippen LogP contribution in [0, 0.1) is 17.1 Å². The molecule has 0 saturated heterocycles. The predicted octanol–water partition coefficient (Wildman–Crippen LogP) is 3.29. The topological polar surface area (TPSA) is 78.9 Å². The highest BCUT2D eigenvalue weighted by Gasteiger charge is 2.15. The van der Waals surface area contributed by atoms with Crippen molar-refractivity contribution < 1.29 is 9.18 Å². The average Bonchev–Trinajstić information content (AvgIpc) is 2.43.